The van der Waals surface area contributed by atoms with Gasteiger partial charge in [-0.25, -0.2) is 0 Å². The first-order valence-electron chi connectivity index (χ1n) is 6.55. The van der Waals surface area contributed by atoms with Crippen molar-refractivity contribution in [3.05, 3.63) is 5.82 Å². The Morgan fingerprint density at radius 2 is 1.88 bits per heavy atom. The molecule has 2 rings (SSSR count). The lowest BCUT2D eigenvalue weighted by Crippen LogP contribution is -2.31. The molecule has 1 fully saturated rings. The second-order valence-electron chi connectivity index (χ2n) is 4.56. The molecule has 0 aliphatic carbocycles. The number of nitrogens with two attached hydrogens (primary N) is 1. The van der Waals surface area contributed by atoms with Crippen molar-refractivity contribution in [2.24, 2.45) is 0 Å². The number of unbranched alkanes of at least 4 members (excludes halogenated alkanes) is 1. The number of rotatable bonds is 4. The summed E-state index contributed by atoms with van der Waals surface area (Å²) in [4.78, 5) is 15.2. The summed E-state index contributed by atoms with van der Waals surface area (Å²) >= 11 is 0. The first kappa shape index (κ1) is 12.1. The van der Waals surface area contributed by atoms with E-state index in [2.05, 4.69) is 26.8 Å². The number of nitrogens with zero attached hydrogens (tertiary/aromatic N) is 4. The van der Waals surface area contributed by atoms with Gasteiger partial charge in [-0.15, -0.1) is 0 Å². The lowest BCUT2D eigenvalue weighted by Gasteiger charge is -2.26. The monoisotopic (exact) mass is 235 g/mol. The van der Waals surface area contributed by atoms with Gasteiger partial charge in [-0.1, -0.05) is 13.3 Å². The van der Waals surface area contributed by atoms with Crippen LogP contribution in [0.2, 0.25) is 0 Å². The topological polar surface area (TPSA) is 67.9 Å². The lowest BCUT2D eigenvalue weighted by atomic mass is 10.1. The van der Waals surface area contributed by atoms with Gasteiger partial charge in [0.1, 0.15) is 5.82 Å². The van der Waals surface area contributed by atoms with E-state index in [0.717, 1.165) is 44.1 Å². The molecule has 1 aliphatic heterocycles. The summed E-state index contributed by atoms with van der Waals surface area (Å²) < 4.78 is 0. The van der Waals surface area contributed by atoms with Crippen molar-refractivity contribution in [2.45, 2.75) is 45.4 Å². The maximum Gasteiger partial charge on any atom is 0.230 e. The Bertz CT molecular complexity index is 360. The molecule has 5 heteroatoms. The van der Waals surface area contributed by atoms with Gasteiger partial charge in [0.15, 0.2) is 0 Å². The van der Waals surface area contributed by atoms with E-state index < -0.39 is 0 Å². The van der Waals surface area contributed by atoms with Crippen LogP contribution in [0.15, 0.2) is 0 Å². The van der Waals surface area contributed by atoms with Gasteiger partial charge in [-0.05, 0) is 25.7 Å². The third-order valence-electron chi connectivity index (χ3n) is 3.08. The van der Waals surface area contributed by atoms with Gasteiger partial charge in [0.2, 0.25) is 11.9 Å². The molecule has 1 aromatic heterocycles. The third kappa shape index (κ3) is 3.28. The predicted molar refractivity (Wildman–Crippen MR) is 68.9 cm³/mol. The number of piperidine rings is 1. The Morgan fingerprint density at radius 1 is 1.12 bits per heavy atom. The molecule has 0 spiro atoms. The zero-order chi connectivity index (χ0) is 12.1. The number of hydrogen-bond donors (Lipinski definition) is 1. The maximum atomic E-state index is 5.75. The molecule has 2 heterocycles. The van der Waals surface area contributed by atoms with Crippen LogP contribution in [0, 0.1) is 0 Å². The number of aryl methyl sites for hydroxylation is 1. The summed E-state index contributed by atoms with van der Waals surface area (Å²) in [6, 6.07) is 0. The smallest absolute Gasteiger partial charge is 0.230 e. The van der Waals surface area contributed by atoms with Crippen LogP contribution in [-0.2, 0) is 6.42 Å². The molecule has 17 heavy (non-hydrogen) atoms. The van der Waals surface area contributed by atoms with Crippen molar-refractivity contribution >= 4 is 11.9 Å². The molecule has 1 saturated heterocycles. The fourth-order valence-electron chi connectivity index (χ4n) is 2.11. The van der Waals surface area contributed by atoms with E-state index in [1.165, 1.54) is 19.3 Å². The molecule has 1 aliphatic rings. The summed E-state index contributed by atoms with van der Waals surface area (Å²) in [6.07, 6.45) is 6.88. The van der Waals surface area contributed by atoms with Crippen LogP contribution in [0.1, 0.15) is 44.9 Å². The minimum atomic E-state index is 0.353. The van der Waals surface area contributed by atoms with Crippen molar-refractivity contribution in [1.82, 2.24) is 15.0 Å². The number of hydrogen-bond acceptors (Lipinski definition) is 5. The molecule has 5 nitrogen and oxygen atoms in total. The molecule has 0 radical (unpaired) electrons. The van der Waals surface area contributed by atoms with E-state index in [1.54, 1.807) is 0 Å². The van der Waals surface area contributed by atoms with Gasteiger partial charge in [-0.2, -0.15) is 15.0 Å². The summed E-state index contributed by atoms with van der Waals surface area (Å²) in [5.74, 6) is 1.95. The molecule has 0 aromatic carbocycles. The van der Waals surface area contributed by atoms with Gasteiger partial charge in [-0.3, -0.25) is 0 Å². The molecular weight excluding hydrogens is 214 g/mol. The largest absolute Gasteiger partial charge is 0.368 e. The van der Waals surface area contributed by atoms with Gasteiger partial charge in [0.25, 0.3) is 0 Å². The van der Waals surface area contributed by atoms with Crippen LogP contribution in [0.25, 0.3) is 0 Å². The Morgan fingerprint density at radius 3 is 2.59 bits per heavy atom. The first-order valence-corrected chi connectivity index (χ1v) is 6.55. The maximum absolute atomic E-state index is 5.75. The van der Waals surface area contributed by atoms with Crippen LogP contribution < -0.4 is 10.6 Å². The van der Waals surface area contributed by atoms with Gasteiger partial charge in [0.05, 0.1) is 0 Å². The molecule has 94 valence electrons. The molecule has 0 bridgehead atoms. The van der Waals surface area contributed by atoms with E-state index >= 15 is 0 Å². The predicted octanol–water partition coefficient (Wildman–Crippen LogP) is 1.79. The highest BCUT2D eigenvalue weighted by molar-refractivity contribution is 5.35. The number of anilines is 2. The van der Waals surface area contributed by atoms with Gasteiger partial charge < -0.3 is 10.6 Å². The second-order valence-corrected chi connectivity index (χ2v) is 4.56. The van der Waals surface area contributed by atoms with E-state index in [0.29, 0.717) is 5.95 Å². The molecule has 0 saturated carbocycles. The highest BCUT2D eigenvalue weighted by atomic mass is 15.3. The Hall–Kier alpha value is -1.39. The Balaban J connectivity index is 2.12. The van der Waals surface area contributed by atoms with Gasteiger partial charge in [0, 0.05) is 19.5 Å². The number of nitrogen functional groups attached to an aromatic ring is 1. The highest BCUT2D eigenvalue weighted by Gasteiger charge is 2.15. The second kappa shape index (κ2) is 5.80. The molecule has 0 amide bonds. The molecule has 0 atom stereocenters. The van der Waals surface area contributed by atoms with Crippen molar-refractivity contribution < 1.29 is 0 Å². The Labute approximate surface area is 102 Å². The minimum absolute atomic E-state index is 0.353. The van der Waals surface area contributed by atoms with Crippen LogP contribution in [-0.4, -0.2) is 28.0 Å². The quantitative estimate of drug-likeness (QED) is 0.861. The minimum Gasteiger partial charge on any atom is -0.368 e. The molecule has 0 unspecified atom stereocenters. The normalized spacial score (nSPS) is 16.2. The van der Waals surface area contributed by atoms with Crippen LogP contribution >= 0.6 is 0 Å². The Kier molecular flexibility index (Phi) is 4.12. The summed E-state index contributed by atoms with van der Waals surface area (Å²) in [7, 11) is 0. The van der Waals surface area contributed by atoms with Crippen molar-refractivity contribution in [3.63, 3.8) is 0 Å². The van der Waals surface area contributed by atoms with Crippen LogP contribution in [0.5, 0.6) is 0 Å². The van der Waals surface area contributed by atoms with E-state index in [1.807, 2.05) is 0 Å². The fraction of sp³-hybridized carbons (Fsp3) is 0.750. The van der Waals surface area contributed by atoms with Crippen LogP contribution in [0.4, 0.5) is 11.9 Å². The average molecular weight is 235 g/mol. The van der Waals surface area contributed by atoms with E-state index in [-0.39, 0.29) is 0 Å². The van der Waals surface area contributed by atoms with E-state index in [4.69, 9.17) is 5.73 Å². The van der Waals surface area contributed by atoms with Crippen molar-refractivity contribution in [2.75, 3.05) is 23.7 Å². The van der Waals surface area contributed by atoms with Crippen molar-refractivity contribution in [3.8, 4) is 0 Å². The molecular formula is C12H21N5. The fourth-order valence-corrected chi connectivity index (χ4v) is 2.11. The summed E-state index contributed by atoms with van der Waals surface area (Å²) in [6.45, 7) is 4.24. The zero-order valence-electron chi connectivity index (χ0n) is 10.5. The zero-order valence-corrected chi connectivity index (χ0v) is 10.5. The third-order valence-corrected chi connectivity index (χ3v) is 3.08. The van der Waals surface area contributed by atoms with Gasteiger partial charge >= 0.3 is 0 Å². The lowest BCUT2D eigenvalue weighted by molar-refractivity contribution is 0.565. The average Bonchev–Trinajstić information content (AvgIpc) is 2.37. The van der Waals surface area contributed by atoms with Crippen LogP contribution in [0.3, 0.4) is 0 Å². The summed E-state index contributed by atoms with van der Waals surface area (Å²) in [5, 5.41) is 0. The molecule has 1 aromatic rings. The standard InChI is InChI=1S/C12H21N5/c1-2-3-7-10-14-11(13)16-12(15-10)17-8-5-4-6-9-17/h2-9H2,1H3,(H2,13,14,15,16). The first-order chi connectivity index (χ1) is 8.29. The molecule has 2 N–H and O–H groups in total. The van der Waals surface area contributed by atoms with E-state index in [9.17, 15) is 0 Å². The SMILES string of the molecule is CCCCc1nc(N)nc(N2CCCCC2)n1. The van der Waals surface area contributed by atoms with Crippen molar-refractivity contribution in [1.29, 1.82) is 0 Å². The number of aromatic nitrogens is 3. The summed E-state index contributed by atoms with van der Waals surface area (Å²) in [5.41, 5.74) is 5.75. The highest BCUT2D eigenvalue weighted by Crippen LogP contribution is 2.16.